The molecular formula is C16H18ClN5O. The molecule has 120 valence electrons. The fourth-order valence-electron chi connectivity index (χ4n) is 2.74. The summed E-state index contributed by atoms with van der Waals surface area (Å²) in [7, 11) is 0. The highest BCUT2D eigenvalue weighted by Crippen LogP contribution is 2.19. The quantitative estimate of drug-likeness (QED) is 0.929. The monoisotopic (exact) mass is 331 g/mol. The number of piperidine rings is 1. The Kier molecular flexibility index (Phi) is 5.02. The van der Waals surface area contributed by atoms with E-state index in [4.69, 9.17) is 11.6 Å². The smallest absolute Gasteiger partial charge is 0.252 e. The van der Waals surface area contributed by atoms with E-state index in [1.54, 1.807) is 18.5 Å². The Morgan fingerprint density at radius 3 is 2.96 bits per heavy atom. The average Bonchev–Trinajstić information content (AvgIpc) is 2.61. The number of halogens is 1. The summed E-state index contributed by atoms with van der Waals surface area (Å²) in [5.41, 5.74) is 0.483. The Morgan fingerprint density at radius 1 is 1.35 bits per heavy atom. The summed E-state index contributed by atoms with van der Waals surface area (Å²) in [6, 6.07) is 3.43. The average molecular weight is 332 g/mol. The molecule has 1 atom stereocenters. The summed E-state index contributed by atoms with van der Waals surface area (Å²) >= 11 is 5.86. The van der Waals surface area contributed by atoms with E-state index in [0.717, 1.165) is 31.9 Å². The summed E-state index contributed by atoms with van der Waals surface area (Å²) in [5, 5.41) is 3.42. The van der Waals surface area contributed by atoms with Crippen molar-refractivity contribution in [1.82, 2.24) is 20.3 Å². The molecule has 7 heteroatoms. The zero-order chi connectivity index (χ0) is 16.1. The first-order valence-corrected chi connectivity index (χ1v) is 8.01. The van der Waals surface area contributed by atoms with E-state index in [-0.39, 0.29) is 5.91 Å². The Bertz CT molecular complexity index is 667. The van der Waals surface area contributed by atoms with Crippen molar-refractivity contribution in [3.05, 3.63) is 47.5 Å². The fourth-order valence-corrected chi connectivity index (χ4v) is 2.92. The summed E-state index contributed by atoms with van der Waals surface area (Å²) in [4.78, 5) is 26.8. The van der Waals surface area contributed by atoms with Gasteiger partial charge in [-0.3, -0.25) is 9.78 Å². The highest BCUT2D eigenvalue weighted by molar-refractivity contribution is 6.30. The Morgan fingerprint density at radius 2 is 2.17 bits per heavy atom. The number of carbonyl (C=O) groups is 1. The molecule has 3 rings (SSSR count). The number of carbonyl (C=O) groups excluding carboxylic acids is 1. The first-order valence-electron chi connectivity index (χ1n) is 7.63. The van der Waals surface area contributed by atoms with Crippen LogP contribution in [0.15, 0.2) is 36.9 Å². The first kappa shape index (κ1) is 15.7. The van der Waals surface area contributed by atoms with Gasteiger partial charge < -0.3 is 10.2 Å². The molecule has 3 heterocycles. The number of amides is 1. The van der Waals surface area contributed by atoms with E-state index < -0.39 is 0 Å². The molecule has 0 bridgehead atoms. The van der Waals surface area contributed by atoms with E-state index in [9.17, 15) is 4.79 Å². The number of aromatic nitrogens is 3. The minimum absolute atomic E-state index is 0.145. The van der Waals surface area contributed by atoms with Crippen LogP contribution in [0.4, 0.5) is 5.95 Å². The van der Waals surface area contributed by atoms with Crippen LogP contribution in [0.2, 0.25) is 5.02 Å². The lowest BCUT2D eigenvalue weighted by molar-refractivity contribution is 0.0945. The van der Waals surface area contributed by atoms with E-state index in [1.807, 2.05) is 6.07 Å². The second kappa shape index (κ2) is 7.37. The molecule has 1 N–H and O–H groups in total. The third-order valence-electron chi connectivity index (χ3n) is 3.87. The van der Waals surface area contributed by atoms with E-state index >= 15 is 0 Å². The van der Waals surface area contributed by atoms with E-state index in [2.05, 4.69) is 25.2 Å². The maximum Gasteiger partial charge on any atom is 0.252 e. The van der Waals surface area contributed by atoms with Gasteiger partial charge in [-0.1, -0.05) is 11.6 Å². The molecule has 0 aliphatic carbocycles. The zero-order valence-electron chi connectivity index (χ0n) is 12.7. The number of nitrogens with one attached hydrogen (secondary N) is 1. The van der Waals surface area contributed by atoms with Gasteiger partial charge in [0.15, 0.2) is 0 Å². The summed E-state index contributed by atoms with van der Waals surface area (Å²) in [6.45, 7) is 2.42. The van der Waals surface area contributed by atoms with Gasteiger partial charge in [0, 0.05) is 44.4 Å². The molecule has 1 amide bonds. The van der Waals surface area contributed by atoms with Gasteiger partial charge >= 0.3 is 0 Å². The van der Waals surface area contributed by atoms with Gasteiger partial charge in [-0.15, -0.1) is 0 Å². The van der Waals surface area contributed by atoms with Gasteiger partial charge in [-0.25, -0.2) is 9.97 Å². The SMILES string of the molecule is O=C(NCC1CCCN(c2ncccn2)C1)c1cncc(Cl)c1. The van der Waals surface area contributed by atoms with Crippen LogP contribution in [0, 0.1) is 5.92 Å². The molecule has 2 aromatic rings. The predicted octanol–water partition coefficient (Wildman–Crippen LogP) is 2.17. The molecule has 1 saturated heterocycles. The molecule has 1 aliphatic heterocycles. The van der Waals surface area contributed by atoms with Crippen molar-refractivity contribution in [2.24, 2.45) is 5.92 Å². The molecule has 0 spiro atoms. The summed E-state index contributed by atoms with van der Waals surface area (Å²) < 4.78 is 0. The molecule has 1 aliphatic rings. The van der Waals surface area contributed by atoms with Crippen molar-refractivity contribution in [2.75, 3.05) is 24.5 Å². The molecule has 23 heavy (non-hydrogen) atoms. The van der Waals surface area contributed by atoms with Gasteiger partial charge in [-0.2, -0.15) is 0 Å². The van der Waals surface area contributed by atoms with Crippen LogP contribution in [0.3, 0.4) is 0 Å². The van der Waals surface area contributed by atoms with E-state index in [1.165, 1.54) is 12.4 Å². The van der Waals surface area contributed by atoms with Crippen LogP contribution >= 0.6 is 11.6 Å². The maximum absolute atomic E-state index is 12.1. The maximum atomic E-state index is 12.1. The lowest BCUT2D eigenvalue weighted by atomic mass is 9.98. The number of anilines is 1. The standard InChI is InChI=1S/C16H18ClN5O/c17-14-7-13(9-18-10-14)15(23)21-8-12-3-1-6-22(11-12)16-19-4-2-5-20-16/h2,4-5,7,9-10,12H,1,3,6,8,11H2,(H,21,23). The van der Waals surface area contributed by atoms with Crippen LogP contribution in [0.25, 0.3) is 0 Å². The lowest BCUT2D eigenvalue weighted by Crippen LogP contribution is -2.41. The van der Waals surface area contributed by atoms with Crippen LogP contribution in [0.5, 0.6) is 0 Å². The van der Waals surface area contributed by atoms with Gasteiger partial charge in [0.1, 0.15) is 0 Å². The van der Waals surface area contributed by atoms with Crippen molar-refractivity contribution in [2.45, 2.75) is 12.8 Å². The lowest BCUT2D eigenvalue weighted by Gasteiger charge is -2.32. The number of hydrogen-bond donors (Lipinski definition) is 1. The van der Waals surface area contributed by atoms with Gasteiger partial charge in [0.2, 0.25) is 5.95 Å². The first-order chi connectivity index (χ1) is 11.2. The van der Waals surface area contributed by atoms with Crippen LogP contribution in [0.1, 0.15) is 23.2 Å². The van der Waals surface area contributed by atoms with Gasteiger partial charge in [0.05, 0.1) is 10.6 Å². The third kappa shape index (κ3) is 4.16. The number of pyridine rings is 1. The summed E-state index contributed by atoms with van der Waals surface area (Å²) in [5.74, 6) is 0.985. The fraction of sp³-hybridized carbons (Fsp3) is 0.375. The molecular weight excluding hydrogens is 314 g/mol. The molecule has 1 unspecified atom stereocenters. The highest BCUT2D eigenvalue weighted by Gasteiger charge is 2.22. The zero-order valence-corrected chi connectivity index (χ0v) is 13.4. The highest BCUT2D eigenvalue weighted by atomic mass is 35.5. The largest absolute Gasteiger partial charge is 0.352 e. The number of hydrogen-bond acceptors (Lipinski definition) is 5. The van der Waals surface area contributed by atoms with Crippen molar-refractivity contribution in [3.63, 3.8) is 0 Å². The second-order valence-corrected chi connectivity index (χ2v) is 6.04. The Hall–Kier alpha value is -2.21. The van der Waals surface area contributed by atoms with E-state index in [0.29, 0.717) is 23.0 Å². The molecule has 0 radical (unpaired) electrons. The van der Waals surface area contributed by atoms with Crippen LogP contribution in [-0.4, -0.2) is 40.5 Å². The molecule has 2 aromatic heterocycles. The minimum atomic E-state index is -0.145. The van der Waals surface area contributed by atoms with Crippen molar-refractivity contribution in [3.8, 4) is 0 Å². The van der Waals surface area contributed by atoms with Gasteiger partial charge in [-0.05, 0) is 30.9 Å². The van der Waals surface area contributed by atoms with Crippen LogP contribution in [-0.2, 0) is 0 Å². The number of rotatable bonds is 4. The molecule has 1 fully saturated rings. The second-order valence-electron chi connectivity index (χ2n) is 5.60. The molecule has 6 nitrogen and oxygen atoms in total. The van der Waals surface area contributed by atoms with Gasteiger partial charge in [0.25, 0.3) is 5.91 Å². The van der Waals surface area contributed by atoms with Crippen molar-refractivity contribution in [1.29, 1.82) is 0 Å². The topological polar surface area (TPSA) is 71.0 Å². The summed E-state index contributed by atoms with van der Waals surface area (Å²) in [6.07, 6.45) is 8.68. The van der Waals surface area contributed by atoms with Crippen molar-refractivity contribution >= 4 is 23.5 Å². The Labute approximate surface area is 139 Å². The minimum Gasteiger partial charge on any atom is -0.352 e. The molecule has 0 saturated carbocycles. The molecule has 0 aromatic carbocycles. The Balaban J connectivity index is 1.55. The number of nitrogens with zero attached hydrogens (tertiary/aromatic N) is 4. The predicted molar refractivity (Wildman–Crippen MR) is 88.5 cm³/mol. The third-order valence-corrected chi connectivity index (χ3v) is 4.08. The normalized spacial score (nSPS) is 17.8. The van der Waals surface area contributed by atoms with Crippen LogP contribution < -0.4 is 10.2 Å². The van der Waals surface area contributed by atoms with Crippen molar-refractivity contribution < 1.29 is 4.79 Å².